The number of fused-ring (bicyclic) bond motifs is 39. The summed E-state index contributed by atoms with van der Waals surface area (Å²) in [6.07, 6.45) is 0. The molecule has 31 rings (SSSR count). The van der Waals surface area contributed by atoms with Gasteiger partial charge in [-0.2, -0.15) is 15.0 Å². The van der Waals surface area contributed by atoms with Crippen LogP contribution in [0.1, 0.15) is 6.85 Å². The molecule has 0 aliphatic heterocycles. The Labute approximate surface area is 785 Å². The zero-order valence-corrected chi connectivity index (χ0v) is 73.7. The molecule has 0 aliphatic carbocycles. The molecule has 0 saturated carbocycles. The van der Waals surface area contributed by atoms with Crippen LogP contribution < -0.4 is 0 Å². The first kappa shape index (κ1) is 70.5. The number of hydrogen-bond donors (Lipinski definition) is 0. The highest BCUT2D eigenvalue weighted by Crippen LogP contribution is 2.54. The third kappa shape index (κ3) is 11.3. The fourth-order valence-electron chi connectivity index (χ4n) is 21.2. The second kappa shape index (κ2) is 29.6. The largest absolute Gasteiger partial charge is 0.437 e. The summed E-state index contributed by atoms with van der Waals surface area (Å²) in [6, 6.07) is 129. The molecule has 0 N–H and O–H groups in total. The van der Waals surface area contributed by atoms with E-state index in [4.69, 9.17) is 50.0 Å². The van der Waals surface area contributed by atoms with Crippen LogP contribution in [0.15, 0.2) is 420 Å². The Kier molecular flexibility index (Phi) is 15.5. The zero-order valence-electron chi connectivity index (χ0n) is 76.3. The van der Waals surface area contributed by atoms with Crippen LogP contribution in [0.5, 0.6) is 0 Å². The van der Waals surface area contributed by atoms with Crippen molar-refractivity contribution in [1.82, 2.24) is 43.6 Å². The molecule has 31 aromatic rings. The molecule has 0 bridgehead atoms. The first-order valence-electron chi connectivity index (χ1n) is 47.2. The van der Waals surface area contributed by atoms with Crippen molar-refractivity contribution in [3.63, 3.8) is 0 Å². The Morgan fingerprint density at radius 2 is 0.481 bits per heavy atom. The van der Waals surface area contributed by atoms with E-state index in [9.17, 15) is 0 Å². The fraction of sp³-hybridized carbons (Fsp3) is 0. The van der Waals surface area contributed by atoms with Gasteiger partial charge in [0.05, 0.1) is 87.3 Å². The number of benzene rings is 19. The maximum absolute atomic E-state index is 8.91. The van der Waals surface area contributed by atoms with E-state index in [1.54, 1.807) is 11.3 Å². The standard InChI is InChI=1S/C44H25N3OS.2C38H21N3OS/c1-2-13-26(14-3-1)27-15-12-16-28(25-27)40-39-32-20-7-10-23-35(32)48-43(39)46-44(45-40)47-34-22-9-6-19-31(34)37-29-17-4-5-18-30(29)38-33-21-8-11-24-36(33)49-42(38)41(37)47;2*1-2-12-22(13-3-1)34-33-26-17-7-10-20-29(26)42-37(33)40-38(39-34)41-28-19-9-6-16-25(28)31-23-14-4-5-15-24(23)32-27-18-8-11-21-30(27)43-36(32)35(31)41/h1-25H;2*1-21H/i;1D,2D,3D,12D,13D;. The van der Waals surface area contributed by atoms with Crippen molar-refractivity contribution >= 4 is 258 Å². The summed E-state index contributed by atoms with van der Waals surface area (Å²) in [6.45, 7) is 0. The Morgan fingerprint density at radius 1 is 0.207 bits per heavy atom. The molecular weight excluding hydrogens is 1710 g/mol. The normalized spacial score (nSPS) is 12.7. The molecular formula is C120H67N9O3S3. The van der Waals surface area contributed by atoms with Crippen LogP contribution in [-0.2, 0) is 0 Å². The molecule has 0 amide bonds. The monoisotopic (exact) mass is 1780 g/mol. The number of para-hydroxylation sites is 6. The van der Waals surface area contributed by atoms with Gasteiger partial charge in [-0.25, -0.2) is 15.0 Å². The molecule has 0 unspecified atom stereocenters. The molecule has 0 spiro atoms. The van der Waals surface area contributed by atoms with E-state index in [0.717, 1.165) is 136 Å². The molecule has 0 aliphatic rings. The summed E-state index contributed by atoms with van der Waals surface area (Å²) in [5.41, 5.74) is 16.1. The summed E-state index contributed by atoms with van der Waals surface area (Å²) in [7, 11) is 0. The Hall–Kier alpha value is -17.3. The van der Waals surface area contributed by atoms with E-state index in [-0.39, 0.29) is 35.0 Å². The molecule has 0 saturated heterocycles. The second-order valence-electron chi connectivity index (χ2n) is 34.0. The first-order valence-corrected chi connectivity index (χ1v) is 47.2. The van der Waals surface area contributed by atoms with Crippen molar-refractivity contribution in [3.8, 4) is 62.7 Å². The van der Waals surface area contributed by atoms with Crippen LogP contribution in [0, 0.1) is 0 Å². The molecule has 19 aromatic carbocycles. The lowest BCUT2D eigenvalue weighted by Crippen LogP contribution is -2.03. The van der Waals surface area contributed by atoms with Crippen LogP contribution >= 0.6 is 34.0 Å². The lowest BCUT2D eigenvalue weighted by Gasteiger charge is -2.12. The molecule has 0 fully saturated rings. The number of aromatic nitrogens is 9. The van der Waals surface area contributed by atoms with Gasteiger partial charge < -0.3 is 13.3 Å². The highest BCUT2D eigenvalue weighted by atomic mass is 32.1. The highest BCUT2D eigenvalue weighted by Gasteiger charge is 2.31. The first-order chi connectivity index (χ1) is 69.1. The van der Waals surface area contributed by atoms with Gasteiger partial charge in [-0.15, -0.1) is 34.0 Å². The van der Waals surface area contributed by atoms with E-state index < -0.39 is 18.1 Å². The van der Waals surface area contributed by atoms with Crippen molar-refractivity contribution in [2.24, 2.45) is 0 Å². The lowest BCUT2D eigenvalue weighted by molar-refractivity contribution is 0.651. The van der Waals surface area contributed by atoms with Gasteiger partial charge in [0.25, 0.3) is 0 Å². The quantitative estimate of drug-likeness (QED) is 0.153. The van der Waals surface area contributed by atoms with Gasteiger partial charge in [-0.05, 0) is 104 Å². The average Bonchev–Trinajstić information content (AvgIpc) is 1.54. The molecule has 15 heteroatoms. The number of nitrogens with zero attached hydrogens (tertiary/aromatic N) is 9. The van der Waals surface area contributed by atoms with Gasteiger partial charge in [0.1, 0.15) is 16.7 Å². The fourth-order valence-corrected chi connectivity index (χ4v) is 25.0. The van der Waals surface area contributed by atoms with E-state index in [2.05, 4.69) is 294 Å². The Bertz CT molecular complexity index is 10800. The average molecular weight is 1780 g/mol. The highest BCUT2D eigenvalue weighted by molar-refractivity contribution is 7.28. The van der Waals surface area contributed by atoms with E-state index in [1.165, 1.54) is 88.8 Å². The minimum Gasteiger partial charge on any atom is -0.437 e. The summed E-state index contributed by atoms with van der Waals surface area (Å²) in [4.78, 5) is 31.5. The van der Waals surface area contributed by atoms with Crippen molar-refractivity contribution in [2.75, 3.05) is 0 Å². The van der Waals surface area contributed by atoms with Gasteiger partial charge in [0, 0.05) is 112 Å². The third-order valence-electron chi connectivity index (χ3n) is 26.8. The Morgan fingerprint density at radius 3 is 0.852 bits per heavy atom. The van der Waals surface area contributed by atoms with Crippen molar-refractivity contribution in [1.29, 1.82) is 0 Å². The van der Waals surface area contributed by atoms with Crippen LogP contribution in [0.25, 0.3) is 287 Å². The predicted octanol–water partition coefficient (Wildman–Crippen LogP) is 33.7. The molecule has 135 heavy (non-hydrogen) atoms. The van der Waals surface area contributed by atoms with Gasteiger partial charge in [0.15, 0.2) is 0 Å². The second-order valence-corrected chi connectivity index (χ2v) is 37.2. The molecule has 0 atom stereocenters. The maximum Gasteiger partial charge on any atom is 0.238 e. The van der Waals surface area contributed by atoms with E-state index in [0.29, 0.717) is 39.7 Å². The van der Waals surface area contributed by atoms with Crippen molar-refractivity contribution in [3.05, 3.63) is 406 Å². The minimum atomic E-state index is -0.460. The zero-order chi connectivity index (χ0) is 92.5. The number of rotatable bonds is 7. The van der Waals surface area contributed by atoms with Gasteiger partial charge in [0.2, 0.25) is 35.0 Å². The van der Waals surface area contributed by atoms with E-state index in [1.807, 2.05) is 118 Å². The van der Waals surface area contributed by atoms with Gasteiger partial charge >= 0.3 is 0 Å². The summed E-state index contributed by atoms with van der Waals surface area (Å²) >= 11 is 5.39. The number of thiophene rings is 3. The Balaban J connectivity index is 0.000000101. The van der Waals surface area contributed by atoms with Gasteiger partial charge in [-0.3, -0.25) is 13.7 Å². The minimum absolute atomic E-state index is 0.000529. The third-order valence-corrected chi connectivity index (χ3v) is 30.3. The maximum atomic E-state index is 8.91. The van der Waals surface area contributed by atoms with Crippen LogP contribution in [-0.4, -0.2) is 43.6 Å². The van der Waals surface area contributed by atoms with Crippen molar-refractivity contribution < 1.29 is 20.1 Å². The van der Waals surface area contributed by atoms with Crippen LogP contribution in [0.2, 0.25) is 0 Å². The van der Waals surface area contributed by atoms with E-state index >= 15 is 0 Å². The number of hydrogen-bond acceptors (Lipinski definition) is 12. The van der Waals surface area contributed by atoms with Crippen LogP contribution in [0.4, 0.5) is 0 Å². The van der Waals surface area contributed by atoms with Crippen molar-refractivity contribution in [2.45, 2.75) is 0 Å². The smallest absolute Gasteiger partial charge is 0.238 e. The summed E-state index contributed by atoms with van der Waals surface area (Å²) in [5, 5.41) is 26.6. The topological polar surface area (TPSA) is 132 Å². The molecule has 628 valence electrons. The molecule has 12 nitrogen and oxygen atoms in total. The van der Waals surface area contributed by atoms with Gasteiger partial charge in [-0.1, -0.05) is 346 Å². The molecule has 12 aromatic heterocycles. The summed E-state index contributed by atoms with van der Waals surface area (Å²) in [5.74, 6) is 1.47. The SMILES string of the molecule is [2H]c1c([2H])c([2H])c(-c2nc(-n3c4ccccc4c4c5ccccc5c5c6ccccc6sc5c43)nc3oc4ccccc4c23)c([2H])c1[2H].c1ccc(-c2cccc(-c3nc(-n4c5ccccc5c5c6ccccc6c6c7ccccc7sc6c54)nc4oc5ccccc5c34)c2)cc1.c1ccc(-c2nc(-n3c4ccccc4c4c5ccccc5c5c6ccccc6sc5c43)nc3oc4ccccc4c23)cc1. The lowest BCUT2D eigenvalue weighted by atomic mass is 9.99. The number of furan rings is 3. The van der Waals surface area contributed by atoms with Crippen LogP contribution in [0.3, 0.4) is 0 Å². The summed E-state index contributed by atoms with van der Waals surface area (Å²) < 4.78 is 76.1. The molecule has 0 radical (unpaired) electrons. The molecule has 12 heterocycles. The predicted molar refractivity (Wildman–Crippen MR) is 564 cm³/mol.